The Bertz CT molecular complexity index is 95.8. The van der Waals surface area contributed by atoms with E-state index in [0.29, 0.717) is 16.3 Å². The second-order valence-corrected chi connectivity index (χ2v) is 4.60. The number of rotatable bonds is 0. The molecule has 0 nitrogen and oxygen atoms in total. The molecular formula is C7H15BS2. The molecule has 58 valence electrons. The molecule has 0 aromatic heterocycles. The van der Waals surface area contributed by atoms with Gasteiger partial charge in [-0.2, -0.15) is 25.3 Å². The van der Waals surface area contributed by atoms with Crippen LogP contribution in [0.3, 0.4) is 0 Å². The van der Waals surface area contributed by atoms with Crippen molar-refractivity contribution >= 4 is 33.1 Å². The molecule has 0 aromatic rings. The first kappa shape index (κ1) is 8.86. The third kappa shape index (κ3) is 2.13. The van der Waals surface area contributed by atoms with E-state index in [4.69, 9.17) is 0 Å². The Hall–Kier alpha value is 0.765. The van der Waals surface area contributed by atoms with Gasteiger partial charge in [0.2, 0.25) is 0 Å². The van der Waals surface area contributed by atoms with Crippen LogP contribution in [0.2, 0.25) is 5.82 Å². The van der Waals surface area contributed by atoms with E-state index in [1.54, 1.807) is 0 Å². The van der Waals surface area contributed by atoms with Crippen molar-refractivity contribution in [1.29, 1.82) is 0 Å². The summed E-state index contributed by atoms with van der Waals surface area (Å²) in [6.07, 6.45) is 5.24. The molecule has 0 aromatic carbocycles. The van der Waals surface area contributed by atoms with Crippen LogP contribution in [-0.4, -0.2) is 18.3 Å². The molecule has 1 aliphatic carbocycles. The Morgan fingerprint density at radius 2 is 1.40 bits per heavy atom. The molecule has 1 rings (SSSR count). The molecule has 1 fully saturated rings. The van der Waals surface area contributed by atoms with Gasteiger partial charge < -0.3 is 0 Å². The fraction of sp³-hybridized carbons (Fsp3) is 1.00. The summed E-state index contributed by atoms with van der Waals surface area (Å²) in [5, 5.41) is 1.18. The lowest BCUT2D eigenvalue weighted by molar-refractivity contribution is 0.710. The predicted molar refractivity (Wildman–Crippen MR) is 56.3 cm³/mol. The van der Waals surface area contributed by atoms with Gasteiger partial charge in [-0.25, -0.2) is 0 Å². The second kappa shape index (κ2) is 3.96. The van der Waals surface area contributed by atoms with Gasteiger partial charge in [-0.05, 0) is 29.2 Å². The molecule has 1 aliphatic rings. The van der Waals surface area contributed by atoms with E-state index in [1.807, 2.05) is 0 Å². The Balaban J connectivity index is 2.46. The normalized spacial score (nSPS) is 42.8. The average molecular weight is 174 g/mol. The first-order valence-corrected chi connectivity index (χ1v) is 5.11. The summed E-state index contributed by atoms with van der Waals surface area (Å²) in [5.41, 5.74) is 0. The van der Waals surface area contributed by atoms with Crippen LogP contribution in [0.5, 0.6) is 0 Å². The SMILES string of the molecule is BC1C(S)CCCCC1S. The van der Waals surface area contributed by atoms with Crippen molar-refractivity contribution in [1.82, 2.24) is 0 Å². The minimum atomic E-state index is 0.588. The Morgan fingerprint density at radius 3 is 1.80 bits per heavy atom. The highest BCUT2D eigenvalue weighted by molar-refractivity contribution is 7.82. The third-order valence-corrected chi connectivity index (χ3v) is 3.92. The van der Waals surface area contributed by atoms with Gasteiger partial charge in [-0.1, -0.05) is 12.8 Å². The van der Waals surface area contributed by atoms with Crippen molar-refractivity contribution in [2.45, 2.75) is 42.0 Å². The van der Waals surface area contributed by atoms with E-state index in [2.05, 4.69) is 33.1 Å². The lowest BCUT2D eigenvalue weighted by atomic mass is 9.80. The summed E-state index contributed by atoms with van der Waals surface area (Å²) >= 11 is 9.07. The third-order valence-electron chi connectivity index (χ3n) is 2.46. The van der Waals surface area contributed by atoms with E-state index < -0.39 is 0 Å². The van der Waals surface area contributed by atoms with Crippen LogP contribution >= 0.6 is 25.3 Å². The molecule has 0 spiro atoms. The van der Waals surface area contributed by atoms with Gasteiger partial charge >= 0.3 is 0 Å². The molecule has 1 saturated carbocycles. The maximum absolute atomic E-state index is 4.54. The lowest BCUT2D eigenvalue weighted by Crippen LogP contribution is -2.16. The summed E-state index contributed by atoms with van der Waals surface area (Å²) < 4.78 is 0. The summed E-state index contributed by atoms with van der Waals surface area (Å²) in [6, 6.07) is 0. The van der Waals surface area contributed by atoms with Crippen molar-refractivity contribution in [2.75, 3.05) is 0 Å². The summed E-state index contributed by atoms with van der Waals surface area (Å²) in [7, 11) is 2.26. The van der Waals surface area contributed by atoms with Crippen LogP contribution in [0.4, 0.5) is 0 Å². The Kier molecular flexibility index (Phi) is 3.51. The molecule has 0 N–H and O–H groups in total. The highest BCUT2D eigenvalue weighted by atomic mass is 32.1. The first-order valence-electron chi connectivity index (χ1n) is 4.08. The van der Waals surface area contributed by atoms with Crippen LogP contribution in [-0.2, 0) is 0 Å². The highest BCUT2D eigenvalue weighted by Gasteiger charge is 2.22. The van der Waals surface area contributed by atoms with Crippen LogP contribution in [0.1, 0.15) is 25.7 Å². The predicted octanol–water partition coefficient (Wildman–Crippen LogP) is 1.58. The fourth-order valence-corrected chi connectivity index (χ4v) is 2.41. The van der Waals surface area contributed by atoms with Crippen molar-refractivity contribution in [3.8, 4) is 0 Å². The molecule has 2 atom stereocenters. The van der Waals surface area contributed by atoms with E-state index in [0.717, 1.165) is 0 Å². The van der Waals surface area contributed by atoms with E-state index >= 15 is 0 Å². The zero-order valence-electron chi connectivity index (χ0n) is 6.45. The van der Waals surface area contributed by atoms with Crippen LogP contribution in [0.25, 0.3) is 0 Å². The minimum Gasteiger partial charge on any atom is -0.176 e. The zero-order chi connectivity index (χ0) is 7.56. The van der Waals surface area contributed by atoms with Gasteiger partial charge in [0.1, 0.15) is 7.85 Å². The number of hydrogen-bond donors (Lipinski definition) is 2. The molecule has 0 heterocycles. The quantitative estimate of drug-likeness (QED) is 0.311. The van der Waals surface area contributed by atoms with Crippen molar-refractivity contribution in [3.63, 3.8) is 0 Å². The molecule has 2 unspecified atom stereocenters. The van der Waals surface area contributed by atoms with Crippen LogP contribution in [0.15, 0.2) is 0 Å². The van der Waals surface area contributed by atoms with Gasteiger partial charge in [0.15, 0.2) is 0 Å². The molecule has 0 bridgehead atoms. The molecular weight excluding hydrogens is 159 g/mol. The lowest BCUT2D eigenvalue weighted by Gasteiger charge is -2.20. The van der Waals surface area contributed by atoms with Crippen molar-refractivity contribution < 1.29 is 0 Å². The zero-order valence-corrected chi connectivity index (χ0v) is 8.24. The maximum Gasteiger partial charge on any atom is 0.108 e. The average Bonchev–Trinajstić information content (AvgIpc) is 2.04. The minimum absolute atomic E-state index is 0.588. The van der Waals surface area contributed by atoms with Gasteiger partial charge in [0.25, 0.3) is 0 Å². The largest absolute Gasteiger partial charge is 0.176 e. The van der Waals surface area contributed by atoms with Gasteiger partial charge in [0, 0.05) is 0 Å². The molecule has 0 amide bonds. The van der Waals surface area contributed by atoms with E-state index in [1.165, 1.54) is 25.7 Å². The van der Waals surface area contributed by atoms with Gasteiger partial charge in [0.05, 0.1) is 0 Å². The highest BCUT2D eigenvalue weighted by Crippen LogP contribution is 2.32. The summed E-state index contributed by atoms with van der Waals surface area (Å²) in [4.78, 5) is 0. The van der Waals surface area contributed by atoms with Crippen molar-refractivity contribution in [3.05, 3.63) is 0 Å². The molecule has 0 aliphatic heterocycles. The molecule has 3 heteroatoms. The van der Waals surface area contributed by atoms with Gasteiger partial charge in [-0.3, -0.25) is 0 Å². The Labute approximate surface area is 75.4 Å². The van der Waals surface area contributed by atoms with E-state index in [9.17, 15) is 0 Å². The summed E-state index contributed by atoms with van der Waals surface area (Å²) in [5.74, 6) is 0.689. The van der Waals surface area contributed by atoms with E-state index in [-0.39, 0.29) is 0 Å². The number of thiol groups is 2. The summed E-state index contributed by atoms with van der Waals surface area (Å²) in [6.45, 7) is 0. The smallest absolute Gasteiger partial charge is 0.108 e. The van der Waals surface area contributed by atoms with Crippen molar-refractivity contribution in [2.24, 2.45) is 0 Å². The monoisotopic (exact) mass is 174 g/mol. The first-order chi connectivity index (χ1) is 4.72. The molecule has 10 heavy (non-hydrogen) atoms. The van der Waals surface area contributed by atoms with Gasteiger partial charge in [-0.15, -0.1) is 0 Å². The fourth-order valence-electron chi connectivity index (χ4n) is 1.49. The standard InChI is InChI=1S/C7H15BS2/c8-7-5(9)3-1-2-4-6(7)10/h5-7,9-10H,1-4,8H2. The van der Waals surface area contributed by atoms with Crippen LogP contribution in [0, 0.1) is 0 Å². The number of hydrogen-bond acceptors (Lipinski definition) is 2. The Morgan fingerprint density at radius 1 is 1.00 bits per heavy atom. The molecule has 0 saturated heterocycles. The molecule has 0 radical (unpaired) electrons. The topological polar surface area (TPSA) is 0 Å². The maximum atomic E-state index is 4.54. The van der Waals surface area contributed by atoms with Crippen LogP contribution < -0.4 is 0 Å². The second-order valence-electron chi connectivity index (χ2n) is 3.28.